The van der Waals surface area contributed by atoms with E-state index in [9.17, 15) is 0 Å². The lowest BCUT2D eigenvalue weighted by atomic mass is 9.86. The van der Waals surface area contributed by atoms with E-state index < -0.39 is 0 Å². The van der Waals surface area contributed by atoms with Crippen LogP contribution in [0.3, 0.4) is 0 Å². The lowest BCUT2D eigenvalue weighted by molar-refractivity contribution is 0.376. The van der Waals surface area contributed by atoms with Gasteiger partial charge in [-0.25, -0.2) is 4.98 Å². The van der Waals surface area contributed by atoms with Crippen LogP contribution in [0.2, 0.25) is 0 Å². The third-order valence-electron chi connectivity index (χ3n) is 2.96. The van der Waals surface area contributed by atoms with Crippen LogP contribution in [0, 0.1) is 5.41 Å². The molecule has 0 amide bonds. The van der Waals surface area contributed by atoms with Crippen molar-refractivity contribution >= 4 is 0 Å². The summed E-state index contributed by atoms with van der Waals surface area (Å²) in [4.78, 5) is 4.35. The predicted octanol–water partition coefficient (Wildman–Crippen LogP) is 2.03. The number of rotatable bonds is 8. The van der Waals surface area contributed by atoms with E-state index in [4.69, 9.17) is 0 Å². The average Bonchev–Trinajstić information content (AvgIpc) is 2.74. The largest absolute Gasteiger partial charge is 0.316 e. The molecule has 0 spiro atoms. The van der Waals surface area contributed by atoms with Crippen LogP contribution in [0.25, 0.3) is 0 Å². The molecule has 1 heterocycles. The van der Waals surface area contributed by atoms with Crippen molar-refractivity contribution < 1.29 is 0 Å². The Hall–Kier alpha value is -1.16. The Balaban J connectivity index is 2.72. The molecule has 1 aromatic rings. The molecule has 0 aliphatic rings. The Kier molecular flexibility index (Phi) is 5.35. The van der Waals surface area contributed by atoms with Crippen LogP contribution < -0.4 is 5.32 Å². The molecular weight excluding hydrogens is 212 g/mol. The summed E-state index contributed by atoms with van der Waals surface area (Å²) < 4.78 is 1.99. The third kappa shape index (κ3) is 3.97. The van der Waals surface area contributed by atoms with Crippen LogP contribution >= 0.6 is 0 Å². The molecule has 0 aliphatic carbocycles. The van der Waals surface area contributed by atoms with E-state index in [-0.39, 0.29) is 5.41 Å². The van der Waals surface area contributed by atoms with Crippen molar-refractivity contribution in [3.63, 3.8) is 0 Å². The van der Waals surface area contributed by atoms with Crippen LogP contribution in [-0.2, 0) is 13.0 Å². The summed E-state index contributed by atoms with van der Waals surface area (Å²) in [7, 11) is 0. The molecule has 0 saturated carbocycles. The highest BCUT2D eigenvalue weighted by Crippen LogP contribution is 2.22. The summed E-state index contributed by atoms with van der Waals surface area (Å²) in [6.45, 7) is 13.2. The molecule has 0 aliphatic heterocycles. The zero-order valence-corrected chi connectivity index (χ0v) is 11.2. The first kappa shape index (κ1) is 13.9. The number of aryl methyl sites for hydroxylation is 1. The molecule has 0 aromatic carbocycles. The van der Waals surface area contributed by atoms with Gasteiger partial charge in [0.15, 0.2) is 0 Å². The summed E-state index contributed by atoms with van der Waals surface area (Å²) in [6.07, 6.45) is 5.61. The highest BCUT2D eigenvalue weighted by molar-refractivity contribution is 5.01. The molecule has 4 heteroatoms. The minimum Gasteiger partial charge on any atom is -0.316 e. The zero-order valence-electron chi connectivity index (χ0n) is 11.2. The Morgan fingerprint density at radius 2 is 2.29 bits per heavy atom. The van der Waals surface area contributed by atoms with Gasteiger partial charge in [0.05, 0.1) is 0 Å². The monoisotopic (exact) mass is 236 g/mol. The summed E-state index contributed by atoms with van der Waals surface area (Å²) in [5.41, 5.74) is 0.0362. The maximum absolute atomic E-state index is 4.35. The molecule has 0 radical (unpaired) electrons. The van der Waals surface area contributed by atoms with Crippen LogP contribution in [0.4, 0.5) is 0 Å². The van der Waals surface area contributed by atoms with Crippen molar-refractivity contribution in [3.8, 4) is 0 Å². The van der Waals surface area contributed by atoms with E-state index in [1.54, 1.807) is 6.33 Å². The molecule has 17 heavy (non-hydrogen) atoms. The fourth-order valence-electron chi connectivity index (χ4n) is 1.80. The van der Waals surface area contributed by atoms with Crippen molar-refractivity contribution in [2.75, 3.05) is 13.1 Å². The van der Waals surface area contributed by atoms with E-state index in [1.807, 2.05) is 10.8 Å². The normalized spacial score (nSPS) is 14.5. The second-order valence-electron chi connectivity index (χ2n) is 4.71. The van der Waals surface area contributed by atoms with Gasteiger partial charge in [-0.15, -0.1) is 6.58 Å². The van der Waals surface area contributed by atoms with E-state index in [0.29, 0.717) is 0 Å². The molecule has 0 bridgehead atoms. The van der Waals surface area contributed by atoms with Crippen LogP contribution in [0.5, 0.6) is 0 Å². The Bertz CT molecular complexity index is 345. The average molecular weight is 236 g/mol. The number of nitrogens with one attached hydrogen (secondary N) is 1. The standard InChI is InChI=1S/C13H24N4/c1-5-8-17-12(15-11-16-17)9-13(4,6-2)10-14-7-3/h6,11,14H,2,5,7-10H2,1,3-4H3. The zero-order chi connectivity index (χ0) is 12.7. The first-order chi connectivity index (χ1) is 8.15. The van der Waals surface area contributed by atoms with Gasteiger partial charge in [0.2, 0.25) is 0 Å². The van der Waals surface area contributed by atoms with E-state index in [1.165, 1.54) is 0 Å². The van der Waals surface area contributed by atoms with Crippen LogP contribution in [0.15, 0.2) is 19.0 Å². The van der Waals surface area contributed by atoms with Crippen molar-refractivity contribution in [2.45, 2.75) is 40.2 Å². The third-order valence-corrected chi connectivity index (χ3v) is 2.96. The number of nitrogens with zero attached hydrogens (tertiary/aromatic N) is 3. The number of hydrogen-bond donors (Lipinski definition) is 1. The molecule has 0 saturated heterocycles. The molecule has 4 nitrogen and oxygen atoms in total. The molecule has 0 fully saturated rings. The maximum Gasteiger partial charge on any atom is 0.138 e. The van der Waals surface area contributed by atoms with Crippen molar-refractivity contribution in [1.29, 1.82) is 0 Å². The Morgan fingerprint density at radius 1 is 1.53 bits per heavy atom. The van der Waals surface area contributed by atoms with E-state index in [0.717, 1.165) is 38.3 Å². The number of hydrogen-bond acceptors (Lipinski definition) is 3. The molecule has 1 atom stereocenters. The van der Waals surface area contributed by atoms with Gasteiger partial charge in [0, 0.05) is 24.9 Å². The smallest absolute Gasteiger partial charge is 0.138 e. The van der Waals surface area contributed by atoms with Gasteiger partial charge in [-0.2, -0.15) is 5.10 Å². The van der Waals surface area contributed by atoms with Crippen molar-refractivity contribution in [2.24, 2.45) is 5.41 Å². The second kappa shape index (κ2) is 6.55. The quantitative estimate of drug-likeness (QED) is 0.702. The van der Waals surface area contributed by atoms with Gasteiger partial charge in [0.25, 0.3) is 0 Å². The molecule has 1 rings (SSSR count). The van der Waals surface area contributed by atoms with Gasteiger partial charge in [-0.1, -0.05) is 26.8 Å². The minimum absolute atomic E-state index is 0.0362. The Morgan fingerprint density at radius 3 is 2.88 bits per heavy atom. The lowest BCUT2D eigenvalue weighted by Gasteiger charge is -2.25. The van der Waals surface area contributed by atoms with Gasteiger partial charge in [-0.05, 0) is 13.0 Å². The van der Waals surface area contributed by atoms with E-state index in [2.05, 4.69) is 42.7 Å². The summed E-state index contributed by atoms with van der Waals surface area (Å²) >= 11 is 0. The summed E-state index contributed by atoms with van der Waals surface area (Å²) in [6, 6.07) is 0. The predicted molar refractivity (Wildman–Crippen MR) is 70.9 cm³/mol. The second-order valence-corrected chi connectivity index (χ2v) is 4.71. The first-order valence-corrected chi connectivity index (χ1v) is 6.36. The lowest BCUT2D eigenvalue weighted by Crippen LogP contribution is -2.32. The molecule has 1 unspecified atom stereocenters. The Labute approximate surface area is 104 Å². The minimum atomic E-state index is 0.0362. The highest BCUT2D eigenvalue weighted by Gasteiger charge is 2.22. The van der Waals surface area contributed by atoms with Crippen molar-refractivity contribution in [1.82, 2.24) is 20.1 Å². The molecular formula is C13H24N4. The molecule has 1 N–H and O–H groups in total. The van der Waals surface area contributed by atoms with Crippen molar-refractivity contribution in [3.05, 3.63) is 24.8 Å². The van der Waals surface area contributed by atoms with Gasteiger partial charge >= 0.3 is 0 Å². The SMILES string of the molecule is C=CC(C)(CNCC)Cc1ncnn1CCC. The van der Waals surface area contributed by atoms with E-state index >= 15 is 0 Å². The summed E-state index contributed by atoms with van der Waals surface area (Å²) in [5.74, 6) is 1.05. The summed E-state index contributed by atoms with van der Waals surface area (Å²) in [5, 5.41) is 7.63. The highest BCUT2D eigenvalue weighted by atomic mass is 15.3. The van der Waals surface area contributed by atoms with Gasteiger partial charge in [0.1, 0.15) is 12.2 Å². The van der Waals surface area contributed by atoms with Gasteiger partial charge in [-0.3, -0.25) is 4.68 Å². The fourth-order valence-corrected chi connectivity index (χ4v) is 1.80. The first-order valence-electron chi connectivity index (χ1n) is 6.36. The topological polar surface area (TPSA) is 42.7 Å². The maximum atomic E-state index is 4.35. The van der Waals surface area contributed by atoms with Crippen LogP contribution in [-0.4, -0.2) is 27.9 Å². The molecule has 1 aromatic heterocycles. The number of aromatic nitrogens is 3. The fraction of sp³-hybridized carbons (Fsp3) is 0.692. The molecule has 96 valence electrons. The van der Waals surface area contributed by atoms with Crippen LogP contribution in [0.1, 0.15) is 33.0 Å². The van der Waals surface area contributed by atoms with Gasteiger partial charge < -0.3 is 5.32 Å².